The van der Waals surface area contributed by atoms with Crippen LogP contribution in [0.5, 0.6) is 0 Å². The molecule has 2 aromatic rings. The maximum absolute atomic E-state index is 13.0. The van der Waals surface area contributed by atoms with Crippen molar-refractivity contribution in [2.45, 2.75) is 39.8 Å². The van der Waals surface area contributed by atoms with Gasteiger partial charge in [-0.3, -0.25) is 14.8 Å². The smallest absolute Gasteiger partial charge is 0.257 e. The molecule has 1 saturated heterocycles. The van der Waals surface area contributed by atoms with Crippen LogP contribution >= 0.6 is 0 Å². The van der Waals surface area contributed by atoms with E-state index in [0.717, 1.165) is 57.1 Å². The second kappa shape index (κ2) is 7.86. The molecule has 1 amide bonds. The molecule has 0 saturated carbocycles. The van der Waals surface area contributed by atoms with Crippen molar-refractivity contribution in [3.05, 3.63) is 40.6 Å². The lowest BCUT2D eigenvalue weighted by atomic mass is 9.99. The SMILES string of the molecule is CC(C)Cc1n[nH]c2c1CN(C(=O)c1coc(CN3CCOCC3)c1)CC2. The number of H-pyrrole nitrogens is 1. The predicted octanol–water partition coefficient (Wildman–Crippen LogP) is 2.23. The van der Waals surface area contributed by atoms with E-state index in [4.69, 9.17) is 9.15 Å². The van der Waals surface area contributed by atoms with Crippen LogP contribution in [-0.4, -0.2) is 58.8 Å². The van der Waals surface area contributed by atoms with Gasteiger partial charge in [0.2, 0.25) is 0 Å². The Hall–Kier alpha value is -2.12. The van der Waals surface area contributed by atoms with Crippen molar-refractivity contribution in [1.82, 2.24) is 20.0 Å². The van der Waals surface area contributed by atoms with Gasteiger partial charge in [0.15, 0.2) is 0 Å². The lowest BCUT2D eigenvalue weighted by molar-refractivity contribution is 0.0313. The number of amides is 1. The summed E-state index contributed by atoms with van der Waals surface area (Å²) in [5.41, 5.74) is 4.10. The van der Waals surface area contributed by atoms with Crippen molar-refractivity contribution in [2.75, 3.05) is 32.8 Å². The first-order chi connectivity index (χ1) is 13.1. The number of furan rings is 1. The molecule has 4 heterocycles. The predicted molar refractivity (Wildman–Crippen MR) is 100 cm³/mol. The summed E-state index contributed by atoms with van der Waals surface area (Å²) in [7, 11) is 0. The van der Waals surface area contributed by atoms with Crippen LogP contribution in [0.4, 0.5) is 0 Å². The second-order valence-corrected chi connectivity index (χ2v) is 7.89. The van der Waals surface area contributed by atoms with E-state index in [2.05, 4.69) is 28.9 Å². The molecule has 0 spiro atoms. The Bertz CT molecular complexity index is 789. The van der Waals surface area contributed by atoms with Gasteiger partial charge in [-0.2, -0.15) is 5.10 Å². The molecule has 7 heteroatoms. The van der Waals surface area contributed by atoms with Crippen molar-refractivity contribution in [3.8, 4) is 0 Å². The molecular formula is C20H28N4O3. The fraction of sp³-hybridized carbons (Fsp3) is 0.600. The van der Waals surface area contributed by atoms with Gasteiger partial charge in [0, 0.05) is 43.9 Å². The summed E-state index contributed by atoms with van der Waals surface area (Å²) in [5.74, 6) is 1.41. The number of ether oxygens (including phenoxy) is 1. The number of aromatic nitrogens is 2. The Morgan fingerprint density at radius 1 is 1.30 bits per heavy atom. The van der Waals surface area contributed by atoms with E-state index in [1.165, 1.54) is 11.3 Å². The molecule has 0 atom stereocenters. The van der Waals surface area contributed by atoms with Crippen LogP contribution in [0.15, 0.2) is 16.7 Å². The second-order valence-electron chi connectivity index (χ2n) is 7.89. The maximum atomic E-state index is 13.0. The zero-order valence-corrected chi connectivity index (χ0v) is 16.2. The van der Waals surface area contributed by atoms with Crippen LogP contribution < -0.4 is 0 Å². The van der Waals surface area contributed by atoms with Gasteiger partial charge < -0.3 is 14.1 Å². The number of carbonyl (C=O) groups is 1. The monoisotopic (exact) mass is 372 g/mol. The van der Waals surface area contributed by atoms with E-state index in [1.54, 1.807) is 6.26 Å². The van der Waals surface area contributed by atoms with Gasteiger partial charge in [-0.25, -0.2) is 0 Å². The van der Waals surface area contributed by atoms with Gasteiger partial charge in [-0.1, -0.05) is 13.8 Å². The summed E-state index contributed by atoms with van der Waals surface area (Å²) < 4.78 is 11.0. The van der Waals surface area contributed by atoms with E-state index < -0.39 is 0 Å². The van der Waals surface area contributed by atoms with Crippen LogP contribution in [0, 0.1) is 5.92 Å². The number of hydrogen-bond donors (Lipinski definition) is 1. The Labute approximate surface area is 159 Å². The Balaban J connectivity index is 1.42. The average molecular weight is 372 g/mol. The molecule has 0 aromatic carbocycles. The molecule has 2 aliphatic heterocycles. The molecule has 7 nitrogen and oxygen atoms in total. The number of nitrogens with zero attached hydrogens (tertiary/aromatic N) is 3. The minimum Gasteiger partial charge on any atom is -0.467 e. The summed E-state index contributed by atoms with van der Waals surface area (Å²) in [4.78, 5) is 17.2. The first-order valence-electron chi connectivity index (χ1n) is 9.82. The molecule has 4 rings (SSSR count). The van der Waals surface area contributed by atoms with Crippen molar-refractivity contribution in [2.24, 2.45) is 5.92 Å². The fourth-order valence-corrected chi connectivity index (χ4v) is 3.82. The van der Waals surface area contributed by atoms with E-state index >= 15 is 0 Å². The molecule has 0 bridgehead atoms. The summed E-state index contributed by atoms with van der Waals surface area (Å²) in [5, 5.41) is 7.63. The van der Waals surface area contributed by atoms with E-state index in [9.17, 15) is 4.79 Å². The first kappa shape index (κ1) is 18.3. The average Bonchev–Trinajstić information content (AvgIpc) is 3.29. The standard InChI is InChI=1S/C20H28N4O3/c1-14(2)9-19-17-12-24(4-3-18(17)21-22-19)20(25)15-10-16(27-13-15)11-23-5-7-26-8-6-23/h10,13-14H,3-9,11-12H2,1-2H3,(H,21,22). The third-order valence-electron chi connectivity index (χ3n) is 5.29. The maximum Gasteiger partial charge on any atom is 0.257 e. The van der Waals surface area contributed by atoms with E-state index in [1.807, 2.05) is 11.0 Å². The minimum absolute atomic E-state index is 0.0364. The number of rotatable bonds is 5. The molecular weight excluding hydrogens is 344 g/mol. The van der Waals surface area contributed by atoms with Crippen LogP contribution in [0.25, 0.3) is 0 Å². The molecule has 146 valence electrons. The molecule has 1 fully saturated rings. The zero-order valence-electron chi connectivity index (χ0n) is 16.2. The number of aromatic amines is 1. The van der Waals surface area contributed by atoms with Crippen molar-refractivity contribution >= 4 is 5.91 Å². The van der Waals surface area contributed by atoms with Gasteiger partial charge >= 0.3 is 0 Å². The number of fused-ring (bicyclic) bond motifs is 1. The van der Waals surface area contributed by atoms with Crippen molar-refractivity contribution in [1.29, 1.82) is 0 Å². The van der Waals surface area contributed by atoms with Gasteiger partial charge in [0.05, 0.1) is 31.0 Å². The van der Waals surface area contributed by atoms with Crippen LogP contribution in [0.2, 0.25) is 0 Å². The van der Waals surface area contributed by atoms with Crippen LogP contribution in [-0.2, 0) is 30.7 Å². The highest BCUT2D eigenvalue weighted by Gasteiger charge is 2.27. The summed E-state index contributed by atoms with van der Waals surface area (Å²) in [6, 6.07) is 1.89. The Kier molecular flexibility index (Phi) is 5.31. The topological polar surface area (TPSA) is 74.6 Å². The highest BCUT2D eigenvalue weighted by molar-refractivity contribution is 5.94. The minimum atomic E-state index is 0.0364. The highest BCUT2D eigenvalue weighted by Crippen LogP contribution is 2.24. The van der Waals surface area contributed by atoms with Crippen LogP contribution in [0.1, 0.15) is 46.9 Å². The highest BCUT2D eigenvalue weighted by atomic mass is 16.5. The molecule has 2 aliphatic rings. The Morgan fingerprint density at radius 2 is 2.11 bits per heavy atom. The lowest BCUT2D eigenvalue weighted by Crippen LogP contribution is -2.36. The van der Waals surface area contributed by atoms with Gasteiger partial charge in [-0.15, -0.1) is 0 Å². The third-order valence-corrected chi connectivity index (χ3v) is 5.29. The molecule has 1 N–H and O–H groups in total. The van der Waals surface area contributed by atoms with Gasteiger partial charge in [0.1, 0.15) is 12.0 Å². The fourth-order valence-electron chi connectivity index (χ4n) is 3.82. The van der Waals surface area contributed by atoms with Crippen molar-refractivity contribution < 1.29 is 13.9 Å². The number of carbonyl (C=O) groups excluding carboxylic acids is 1. The van der Waals surface area contributed by atoms with E-state index in [0.29, 0.717) is 24.6 Å². The quantitative estimate of drug-likeness (QED) is 0.871. The summed E-state index contributed by atoms with van der Waals surface area (Å²) in [6.45, 7) is 9.74. The Morgan fingerprint density at radius 3 is 2.89 bits per heavy atom. The number of nitrogens with one attached hydrogen (secondary N) is 1. The summed E-state index contributed by atoms with van der Waals surface area (Å²) in [6.07, 6.45) is 3.35. The third kappa shape index (κ3) is 4.09. The normalized spacial score (nSPS) is 18.1. The lowest BCUT2D eigenvalue weighted by Gasteiger charge is -2.27. The molecule has 0 radical (unpaired) electrons. The zero-order chi connectivity index (χ0) is 18.8. The molecule has 0 aliphatic carbocycles. The summed E-state index contributed by atoms with van der Waals surface area (Å²) >= 11 is 0. The van der Waals surface area contributed by atoms with Gasteiger partial charge in [0.25, 0.3) is 5.91 Å². The largest absolute Gasteiger partial charge is 0.467 e. The number of morpholine rings is 1. The van der Waals surface area contributed by atoms with Crippen molar-refractivity contribution in [3.63, 3.8) is 0 Å². The first-order valence-corrected chi connectivity index (χ1v) is 9.82. The molecule has 27 heavy (non-hydrogen) atoms. The van der Waals surface area contributed by atoms with Crippen LogP contribution in [0.3, 0.4) is 0 Å². The molecule has 2 aromatic heterocycles. The number of hydrogen-bond acceptors (Lipinski definition) is 5. The van der Waals surface area contributed by atoms with Gasteiger partial charge in [-0.05, 0) is 18.4 Å². The van der Waals surface area contributed by atoms with E-state index in [-0.39, 0.29) is 5.91 Å². The molecule has 0 unspecified atom stereocenters.